The molecule has 0 saturated carbocycles. The Labute approximate surface area is 125 Å². The molecule has 0 bridgehead atoms. The van der Waals surface area contributed by atoms with E-state index < -0.39 is 0 Å². The van der Waals surface area contributed by atoms with Crippen LogP contribution in [0.2, 0.25) is 0 Å². The van der Waals surface area contributed by atoms with Crippen LogP contribution in [0.15, 0.2) is 30.4 Å². The van der Waals surface area contributed by atoms with Gasteiger partial charge in [-0.3, -0.25) is 4.79 Å². The predicted molar refractivity (Wildman–Crippen MR) is 81.0 cm³/mol. The van der Waals surface area contributed by atoms with Crippen molar-refractivity contribution < 1.29 is 14.3 Å². The monoisotopic (exact) mass is 287 g/mol. The number of carbonyl (C=O) groups is 1. The molecule has 1 aliphatic heterocycles. The Morgan fingerprint density at radius 2 is 2.00 bits per heavy atom. The van der Waals surface area contributed by atoms with E-state index in [9.17, 15) is 4.79 Å². The lowest BCUT2D eigenvalue weighted by atomic mass is 9.69. The van der Waals surface area contributed by atoms with Crippen LogP contribution in [-0.2, 0) is 10.2 Å². The summed E-state index contributed by atoms with van der Waals surface area (Å²) < 4.78 is 10.7. The number of benzene rings is 1. The molecule has 0 amide bonds. The van der Waals surface area contributed by atoms with Crippen molar-refractivity contribution in [2.75, 3.05) is 27.8 Å². The van der Waals surface area contributed by atoms with Gasteiger partial charge in [0, 0.05) is 17.9 Å². The van der Waals surface area contributed by atoms with Crippen LogP contribution in [0.4, 0.5) is 0 Å². The zero-order chi connectivity index (χ0) is 15.0. The van der Waals surface area contributed by atoms with Crippen LogP contribution in [0.5, 0.6) is 11.5 Å². The van der Waals surface area contributed by atoms with E-state index in [2.05, 4.69) is 24.1 Å². The summed E-state index contributed by atoms with van der Waals surface area (Å²) in [5.74, 6) is 1.68. The highest BCUT2D eigenvalue weighted by Crippen LogP contribution is 2.46. The molecule has 0 radical (unpaired) electrons. The summed E-state index contributed by atoms with van der Waals surface area (Å²) in [6.07, 6.45) is 5.44. The second kappa shape index (κ2) is 5.19. The second-order valence-corrected chi connectivity index (χ2v) is 5.86. The molecule has 4 heteroatoms. The number of ether oxygens (including phenoxy) is 2. The van der Waals surface area contributed by atoms with Gasteiger partial charge in [0.25, 0.3) is 0 Å². The number of likely N-dealkylation sites (N-methyl/N-ethyl adjacent to an activating group) is 1. The summed E-state index contributed by atoms with van der Waals surface area (Å²) in [6.45, 7) is 0.997. The SMILES string of the molecule is COc1ccc([C@@]23C=CC(=O)C[C@@H]2N(C)CC3)cc1OC. The van der Waals surface area contributed by atoms with Crippen LogP contribution in [0.3, 0.4) is 0 Å². The highest BCUT2D eigenvalue weighted by molar-refractivity contribution is 5.92. The third-order valence-electron chi connectivity index (χ3n) is 4.89. The molecular formula is C17H21NO3. The lowest BCUT2D eigenvalue weighted by molar-refractivity contribution is -0.116. The van der Waals surface area contributed by atoms with Crippen LogP contribution in [0.1, 0.15) is 18.4 Å². The fourth-order valence-electron chi connectivity index (χ4n) is 3.67. The molecule has 1 aliphatic carbocycles. The van der Waals surface area contributed by atoms with Gasteiger partial charge in [-0.05, 0) is 43.8 Å². The third kappa shape index (κ3) is 2.14. The summed E-state index contributed by atoms with van der Waals surface area (Å²) in [5.41, 5.74) is 1.10. The van der Waals surface area contributed by atoms with Crippen molar-refractivity contribution in [3.8, 4) is 11.5 Å². The smallest absolute Gasteiger partial charge is 0.161 e. The maximum absolute atomic E-state index is 11.8. The Hall–Kier alpha value is -1.81. The Morgan fingerprint density at radius 1 is 1.24 bits per heavy atom. The van der Waals surface area contributed by atoms with Crippen molar-refractivity contribution >= 4 is 5.78 Å². The Morgan fingerprint density at radius 3 is 2.71 bits per heavy atom. The Kier molecular flexibility index (Phi) is 3.49. The second-order valence-electron chi connectivity index (χ2n) is 5.86. The standard InChI is InChI=1S/C17H21NO3/c1-18-9-8-17(7-6-13(19)11-16(17)18)12-4-5-14(20-2)15(10-12)21-3/h4-7,10,16H,8-9,11H2,1-3H3/t16-,17-/m0/s1. The molecule has 3 rings (SSSR count). The van der Waals surface area contributed by atoms with Gasteiger partial charge in [-0.2, -0.15) is 0 Å². The first-order valence-corrected chi connectivity index (χ1v) is 7.25. The minimum absolute atomic E-state index is 0.0950. The zero-order valence-electron chi connectivity index (χ0n) is 12.8. The molecular weight excluding hydrogens is 266 g/mol. The maximum Gasteiger partial charge on any atom is 0.161 e. The largest absolute Gasteiger partial charge is 0.493 e. The number of methoxy groups -OCH3 is 2. The Balaban J connectivity index is 2.09. The first-order valence-electron chi connectivity index (χ1n) is 7.25. The number of hydrogen-bond acceptors (Lipinski definition) is 4. The van der Waals surface area contributed by atoms with E-state index in [1.54, 1.807) is 20.3 Å². The van der Waals surface area contributed by atoms with Crippen molar-refractivity contribution in [2.45, 2.75) is 24.3 Å². The minimum atomic E-state index is -0.0950. The van der Waals surface area contributed by atoms with Gasteiger partial charge in [-0.15, -0.1) is 0 Å². The van der Waals surface area contributed by atoms with Gasteiger partial charge in [-0.25, -0.2) is 0 Å². The van der Waals surface area contributed by atoms with Crippen LogP contribution >= 0.6 is 0 Å². The number of allylic oxidation sites excluding steroid dienone is 1. The molecule has 0 unspecified atom stereocenters. The zero-order valence-corrected chi connectivity index (χ0v) is 12.8. The summed E-state index contributed by atoms with van der Waals surface area (Å²) in [5, 5.41) is 0. The topological polar surface area (TPSA) is 38.8 Å². The van der Waals surface area contributed by atoms with Crippen molar-refractivity contribution in [3.05, 3.63) is 35.9 Å². The number of likely N-dealkylation sites (tertiary alicyclic amines) is 1. The molecule has 0 N–H and O–H groups in total. The molecule has 1 saturated heterocycles. The van der Waals surface area contributed by atoms with Crippen molar-refractivity contribution in [2.24, 2.45) is 0 Å². The van der Waals surface area contributed by atoms with Gasteiger partial charge in [0.2, 0.25) is 0 Å². The van der Waals surface area contributed by atoms with Crippen molar-refractivity contribution in [1.29, 1.82) is 0 Å². The summed E-state index contributed by atoms with van der Waals surface area (Å²) in [4.78, 5) is 14.1. The molecule has 112 valence electrons. The van der Waals surface area contributed by atoms with Gasteiger partial charge in [0.15, 0.2) is 17.3 Å². The Bertz CT molecular complexity index is 596. The number of nitrogens with zero attached hydrogens (tertiary/aromatic N) is 1. The van der Waals surface area contributed by atoms with Crippen LogP contribution < -0.4 is 9.47 Å². The average Bonchev–Trinajstić information content (AvgIpc) is 2.85. The van der Waals surface area contributed by atoms with E-state index in [1.807, 2.05) is 12.1 Å². The van der Waals surface area contributed by atoms with Gasteiger partial charge in [0.1, 0.15) is 0 Å². The predicted octanol–water partition coefficient (Wildman–Crippen LogP) is 2.17. The van der Waals surface area contributed by atoms with Crippen LogP contribution in [-0.4, -0.2) is 44.5 Å². The van der Waals surface area contributed by atoms with E-state index >= 15 is 0 Å². The van der Waals surface area contributed by atoms with Gasteiger partial charge in [0.05, 0.1) is 14.2 Å². The molecule has 1 aromatic carbocycles. The van der Waals surface area contributed by atoms with Crippen molar-refractivity contribution in [1.82, 2.24) is 4.90 Å². The van der Waals surface area contributed by atoms with Gasteiger partial charge in [-0.1, -0.05) is 12.1 Å². The number of fused-ring (bicyclic) bond motifs is 1. The van der Waals surface area contributed by atoms with Gasteiger partial charge < -0.3 is 14.4 Å². The van der Waals surface area contributed by atoms with Gasteiger partial charge >= 0.3 is 0 Å². The first-order chi connectivity index (χ1) is 10.1. The number of hydrogen-bond donors (Lipinski definition) is 0. The molecule has 0 spiro atoms. The molecule has 21 heavy (non-hydrogen) atoms. The van der Waals surface area contributed by atoms with E-state index in [-0.39, 0.29) is 17.2 Å². The minimum Gasteiger partial charge on any atom is -0.493 e. The molecule has 1 fully saturated rings. The summed E-state index contributed by atoms with van der Waals surface area (Å²) in [7, 11) is 5.39. The van der Waals surface area contributed by atoms with Crippen LogP contribution in [0.25, 0.3) is 0 Å². The molecule has 2 atom stereocenters. The fourth-order valence-corrected chi connectivity index (χ4v) is 3.67. The highest BCUT2D eigenvalue weighted by Gasteiger charge is 2.48. The third-order valence-corrected chi connectivity index (χ3v) is 4.89. The number of carbonyl (C=O) groups excluding carboxylic acids is 1. The average molecular weight is 287 g/mol. The first kappa shape index (κ1) is 14.1. The quantitative estimate of drug-likeness (QED) is 0.854. The molecule has 1 heterocycles. The number of rotatable bonds is 3. The number of ketones is 1. The van der Waals surface area contributed by atoms with E-state index in [1.165, 1.54) is 5.56 Å². The van der Waals surface area contributed by atoms with Crippen molar-refractivity contribution in [3.63, 3.8) is 0 Å². The fraction of sp³-hybridized carbons (Fsp3) is 0.471. The lowest BCUT2D eigenvalue weighted by Gasteiger charge is -2.37. The molecule has 2 aliphatic rings. The van der Waals surface area contributed by atoms with Crippen LogP contribution in [0, 0.1) is 0 Å². The highest BCUT2D eigenvalue weighted by atomic mass is 16.5. The normalized spacial score (nSPS) is 28.5. The summed E-state index contributed by atoms with van der Waals surface area (Å²) in [6, 6.07) is 6.31. The lowest BCUT2D eigenvalue weighted by Crippen LogP contribution is -2.43. The van der Waals surface area contributed by atoms with E-state index in [0.717, 1.165) is 24.5 Å². The van der Waals surface area contributed by atoms with E-state index in [4.69, 9.17) is 9.47 Å². The summed E-state index contributed by atoms with van der Waals surface area (Å²) >= 11 is 0. The molecule has 4 nitrogen and oxygen atoms in total. The molecule has 1 aromatic rings. The maximum atomic E-state index is 11.8. The van der Waals surface area contributed by atoms with E-state index in [0.29, 0.717) is 6.42 Å². The molecule has 0 aromatic heterocycles.